The van der Waals surface area contributed by atoms with Crippen LogP contribution >= 0.6 is 11.6 Å². The maximum Gasteiger partial charge on any atom is 0.243 e. The summed E-state index contributed by atoms with van der Waals surface area (Å²) in [7, 11) is 5.22. The minimum absolute atomic E-state index is 0.0678. The SMILES string of the molecule is CCCNC(=NCC(=O)N(C)C)N(C)Cc1ccc(Cl)c(F)c1. The number of amides is 1. The summed E-state index contributed by atoms with van der Waals surface area (Å²) >= 11 is 5.70. The molecule has 0 spiro atoms. The molecular weight excluding hydrogens is 319 g/mol. The van der Waals surface area contributed by atoms with E-state index in [9.17, 15) is 9.18 Å². The van der Waals surface area contributed by atoms with Crippen LogP contribution in [-0.2, 0) is 11.3 Å². The zero-order chi connectivity index (χ0) is 17.4. The fourth-order valence-electron chi connectivity index (χ4n) is 1.82. The molecule has 1 rings (SSSR count). The van der Waals surface area contributed by atoms with Gasteiger partial charge < -0.3 is 15.1 Å². The van der Waals surface area contributed by atoms with Gasteiger partial charge in [0.05, 0.1) is 5.02 Å². The number of nitrogens with one attached hydrogen (secondary N) is 1. The van der Waals surface area contributed by atoms with Crippen molar-refractivity contribution in [3.05, 3.63) is 34.6 Å². The second kappa shape index (κ2) is 9.35. The van der Waals surface area contributed by atoms with Crippen molar-refractivity contribution >= 4 is 23.5 Å². The molecule has 0 aliphatic rings. The molecule has 0 aromatic heterocycles. The number of carbonyl (C=O) groups is 1. The van der Waals surface area contributed by atoms with E-state index in [1.807, 2.05) is 18.9 Å². The molecule has 0 heterocycles. The second-order valence-electron chi connectivity index (χ2n) is 5.46. The van der Waals surface area contributed by atoms with Gasteiger partial charge in [-0.05, 0) is 24.1 Å². The second-order valence-corrected chi connectivity index (χ2v) is 5.87. The Morgan fingerprint density at radius 1 is 1.35 bits per heavy atom. The Balaban J connectivity index is 2.81. The molecule has 0 unspecified atom stereocenters. The van der Waals surface area contributed by atoms with Crippen molar-refractivity contribution in [3.63, 3.8) is 0 Å². The Bertz CT molecular complexity index is 563. The molecule has 0 fully saturated rings. The van der Waals surface area contributed by atoms with E-state index < -0.39 is 5.82 Å². The number of hydrogen-bond donors (Lipinski definition) is 1. The van der Waals surface area contributed by atoms with Gasteiger partial charge in [0, 0.05) is 34.2 Å². The number of halogens is 2. The minimum atomic E-state index is -0.444. The van der Waals surface area contributed by atoms with Crippen LogP contribution in [0.25, 0.3) is 0 Å². The molecule has 1 N–H and O–H groups in total. The number of nitrogens with zero attached hydrogens (tertiary/aromatic N) is 3. The molecule has 0 bridgehead atoms. The average molecular weight is 343 g/mol. The van der Waals surface area contributed by atoms with Crippen molar-refractivity contribution in [2.45, 2.75) is 19.9 Å². The van der Waals surface area contributed by atoms with Crippen molar-refractivity contribution in [1.82, 2.24) is 15.1 Å². The number of likely N-dealkylation sites (N-methyl/N-ethyl adjacent to an activating group) is 1. The third-order valence-corrected chi connectivity index (χ3v) is 3.47. The summed E-state index contributed by atoms with van der Waals surface area (Å²) in [6.45, 7) is 3.32. The third-order valence-electron chi connectivity index (χ3n) is 3.16. The molecule has 1 amide bonds. The highest BCUT2D eigenvalue weighted by atomic mass is 35.5. The molecule has 0 saturated heterocycles. The number of hydrogen-bond acceptors (Lipinski definition) is 2. The molecule has 128 valence electrons. The van der Waals surface area contributed by atoms with E-state index in [-0.39, 0.29) is 17.5 Å². The van der Waals surface area contributed by atoms with Gasteiger partial charge in [0.2, 0.25) is 5.91 Å². The number of benzene rings is 1. The zero-order valence-electron chi connectivity index (χ0n) is 14.1. The molecule has 0 radical (unpaired) electrons. The molecule has 0 atom stereocenters. The van der Waals surface area contributed by atoms with E-state index in [0.717, 1.165) is 18.5 Å². The van der Waals surface area contributed by atoms with Crippen LogP contribution in [-0.4, -0.2) is 55.9 Å². The number of rotatable bonds is 6. The normalized spacial score (nSPS) is 11.3. The van der Waals surface area contributed by atoms with E-state index in [1.165, 1.54) is 17.0 Å². The van der Waals surface area contributed by atoms with Crippen LogP contribution in [0.5, 0.6) is 0 Å². The lowest BCUT2D eigenvalue weighted by molar-refractivity contribution is -0.127. The van der Waals surface area contributed by atoms with Crippen molar-refractivity contribution in [1.29, 1.82) is 0 Å². The van der Waals surface area contributed by atoms with Crippen LogP contribution in [0.3, 0.4) is 0 Å². The highest BCUT2D eigenvalue weighted by Crippen LogP contribution is 2.16. The summed E-state index contributed by atoms with van der Waals surface area (Å²) < 4.78 is 13.5. The van der Waals surface area contributed by atoms with Crippen LogP contribution in [0.2, 0.25) is 5.02 Å². The Hall–Kier alpha value is -1.82. The van der Waals surface area contributed by atoms with Crippen molar-refractivity contribution in [2.75, 3.05) is 34.2 Å². The van der Waals surface area contributed by atoms with Gasteiger partial charge >= 0.3 is 0 Å². The summed E-state index contributed by atoms with van der Waals surface area (Å²) in [5.41, 5.74) is 0.777. The number of guanidine groups is 1. The zero-order valence-corrected chi connectivity index (χ0v) is 14.8. The standard InChI is InChI=1S/C16H24ClFN4O/c1-5-8-19-16(20-10-15(23)21(2)3)22(4)11-12-6-7-13(17)14(18)9-12/h6-7,9H,5,8,10-11H2,1-4H3,(H,19,20). The van der Waals surface area contributed by atoms with Crippen molar-refractivity contribution in [3.8, 4) is 0 Å². The van der Waals surface area contributed by atoms with Gasteiger partial charge in [-0.25, -0.2) is 9.38 Å². The molecular formula is C16H24ClFN4O. The Morgan fingerprint density at radius 3 is 2.61 bits per heavy atom. The van der Waals surface area contributed by atoms with Crippen LogP contribution in [0.4, 0.5) is 4.39 Å². The third kappa shape index (κ3) is 6.44. The first-order chi connectivity index (χ1) is 10.8. The largest absolute Gasteiger partial charge is 0.356 e. The molecule has 0 aliphatic carbocycles. The molecule has 23 heavy (non-hydrogen) atoms. The summed E-state index contributed by atoms with van der Waals surface area (Å²) in [4.78, 5) is 19.4. The summed E-state index contributed by atoms with van der Waals surface area (Å²) in [5.74, 6) is 0.0875. The van der Waals surface area contributed by atoms with E-state index in [1.54, 1.807) is 20.2 Å². The lowest BCUT2D eigenvalue weighted by Gasteiger charge is -2.23. The minimum Gasteiger partial charge on any atom is -0.356 e. The highest BCUT2D eigenvalue weighted by molar-refractivity contribution is 6.30. The lowest BCUT2D eigenvalue weighted by atomic mass is 10.2. The summed E-state index contributed by atoms with van der Waals surface area (Å²) in [5, 5.41) is 3.30. The van der Waals surface area contributed by atoms with E-state index in [2.05, 4.69) is 10.3 Å². The predicted octanol–water partition coefficient (Wildman–Crippen LogP) is 2.35. The van der Waals surface area contributed by atoms with Gasteiger partial charge in [-0.1, -0.05) is 24.6 Å². The smallest absolute Gasteiger partial charge is 0.243 e. The van der Waals surface area contributed by atoms with Gasteiger partial charge in [0.25, 0.3) is 0 Å². The van der Waals surface area contributed by atoms with E-state index in [0.29, 0.717) is 12.5 Å². The van der Waals surface area contributed by atoms with Gasteiger partial charge in [0.15, 0.2) is 5.96 Å². The molecule has 1 aromatic carbocycles. The van der Waals surface area contributed by atoms with Crippen LogP contribution in [0, 0.1) is 5.82 Å². The highest BCUT2D eigenvalue weighted by Gasteiger charge is 2.10. The Morgan fingerprint density at radius 2 is 2.04 bits per heavy atom. The van der Waals surface area contributed by atoms with Gasteiger partial charge in [0.1, 0.15) is 12.4 Å². The fourth-order valence-corrected chi connectivity index (χ4v) is 1.94. The summed E-state index contributed by atoms with van der Waals surface area (Å²) in [6, 6.07) is 4.71. The monoisotopic (exact) mass is 342 g/mol. The van der Waals surface area contributed by atoms with Gasteiger partial charge in [-0.3, -0.25) is 4.79 Å². The number of carbonyl (C=O) groups excluding carboxylic acids is 1. The van der Waals surface area contributed by atoms with Crippen molar-refractivity contribution < 1.29 is 9.18 Å². The Labute approximate surface area is 142 Å². The average Bonchev–Trinajstić information content (AvgIpc) is 2.50. The molecule has 5 nitrogen and oxygen atoms in total. The first kappa shape index (κ1) is 19.2. The Kier molecular flexibility index (Phi) is 7.81. The quantitative estimate of drug-likeness (QED) is 0.637. The first-order valence-electron chi connectivity index (χ1n) is 7.48. The molecule has 0 saturated carbocycles. The fraction of sp³-hybridized carbons (Fsp3) is 0.500. The van der Waals surface area contributed by atoms with Crippen LogP contribution < -0.4 is 5.32 Å². The molecule has 0 aliphatic heterocycles. The van der Waals surface area contributed by atoms with Crippen LogP contribution in [0.1, 0.15) is 18.9 Å². The first-order valence-corrected chi connectivity index (χ1v) is 7.86. The molecule has 7 heteroatoms. The number of aliphatic imine (C=N–C) groups is 1. The summed E-state index contributed by atoms with van der Waals surface area (Å²) in [6.07, 6.45) is 0.935. The van der Waals surface area contributed by atoms with Gasteiger partial charge in [-0.2, -0.15) is 0 Å². The van der Waals surface area contributed by atoms with E-state index in [4.69, 9.17) is 11.6 Å². The van der Waals surface area contributed by atoms with Crippen LogP contribution in [0.15, 0.2) is 23.2 Å². The molecule has 1 aromatic rings. The maximum absolute atomic E-state index is 13.5. The van der Waals surface area contributed by atoms with E-state index >= 15 is 0 Å². The topological polar surface area (TPSA) is 47.9 Å². The maximum atomic E-state index is 13.5. The van der Waals surface area contributed by atoms with Gasteiger partial charge in [-0.15, -0.1) is 0 Å². The van der Waals surface area contributed by atoms with Crippen molar-refractivity contribution in [2.24, 2.45) is 4.99 Å². The lowest BCUT2D eigenvalue weighted by Crippen LogP contribution is -2.40. The predicted molar refractivity (Wildman–Crippen MR) is 92.2 cm³/mol.